The van der Waals surface area contributed by atoms with Gasteiger partial charge in [0.05, 0.1) is 27.9 Å². The summed E-state index contributed by atoms with van der Waals surface area (Å²) in [5.74, 6) is -0.763. The van der Waals surface area contributed by atoms with Gasteiger partial charge in [-0.2, -0.15) is 0 Å². The van der Waals surface area contributed by atoms with Crippen LogP contribution < -0.4 is 15.8 Å². The molecule has 9 heteroatoms. The molecule has 31 heavy (non-hydrogen) atoms. The van der Waals surface area contributed by atoms with Gasteiger partial charge in [-0.1, -0.05) is 54.1 Å². The number of sulfonamides is 1. The van der Waals surface area contributed by atoms with Crippen molar-refractivity contribution in [3.05, 3.63) is 95.0 Å². The van der Waals surface area contributed by atoms with Crippen LogP contribution in [0, 0.1) is 0 Å². The topological polar surface area (TPSA) is 118 Å². The molecule has 7 nitrogen and oxygen atoms in total. The number of carbonyl (C=O) groups is 2. The van der Waals surface area contributed by atoms with Crippen molar-refractivity contribution in [2.75, 3.05) is 5.32 Å². The molecule has 0 saturated heterocycles. The molecule has 0 aliphatic heterocycles. The van der Waals surface area contributed by atoms with E-state index in [1.165, 1.54) is 24.3 Å². The third-order valence-electron chi connectivity index (χ3n) is 4.48. The Morgan fingerprint density at radius 1 is 0.903 bits per heavy atom. The van der Waals surface area contributed by atoms with Gasteiger partial charge in [-0.25, -0.2) is 13.6 Å². The molecule has 0 aliphatic carbocycles. The summed E-state index contributed by atoms with van der Waals surface area (Å²) in [4.78, 5) is 25.3. The standard InChI is InChI=1S/C22H20ClN3O4S/c23-19-9-5-4-8-18(19)22(28)26-20(15-6-2-1-3-7-15)14-21(27)25-16-10-12-17(13-11-16)31(24,29)30/h1-13,20H,14H2,(H,25,27)(H,26,28)(H2,24,29,30)/t20-/m1/s1. The van der Waals surface area contributed by atoms with Crippen LogP contribution >= 0.6 is 11.6 Å². The second kappa shape index (κ2) is 9.74. The molecule has 0 aromatic heterocycles. The van der Waals surface area contributed by atoms with Crippen LogP contribution in [0.3, 0.4) is 0 Å². The highest BCUT2D eigenvalue weighted by Gasteiger charge is 2.20. The van der Waals surface area contributed by atoms with Crippen molar-refractivity contribution in [2.24, 2.45) is 5.14 Å². The number of amides is 2. The van der Waals surface area contributed by atoms with Crippen LogP contribution in [-0.4, -0.2) is 20.2 Å². The Labute approximate surface area is 185 Å². The second-order valence-electron chi connectivity index (χ2n) is 6.74. The molecule has 0 heterocycles. The quantitative estimate of drug-likeness (QED) is 0.503. The van der Waals surface area contributed by atoms with E-state index in [2.05, 4.69) is 10.6 Å². The number of nitrogens with one attached hydrogen (secondary N) is 2. The summed E-state index contributed by atoms with van der Waals surface area (Å²) in [5, 5.41) is 10.9. The molecule has 0 aliphatic rings. The minimum Gasteiger partial charge on any atom is -0.345 e. The first-order valence-corrected chi connectivity index (χ1v) is 11.2. The van der Waals surface area contributed by atoms with E-state index in [4.69, 9.17) is 16.7 Å². The van der Waals surface area contributed by atoms with Crippen LogP contribution in [0.1, 0.15) is 28.4 Å². The predicted octanol–water partition coefficient (Wildman–Crippen LogP) is 3.49. The Morgan fingerprint density at radius 3 is 2.13 bits per heavy atom. The van der Waals surface area contributed by atoms with E-state index in [1.807, 2.05) is 30.3 Å². The largest absolute Gasteiger partial charge is 0.345 e. The van der Waals surface area contributed by atoms with Gasteiger partial charge in [0.15, 0.2) is 0 Å². The van der Waals surface area contributed by atoms with Crippen molar-refractivity contribution in [2.45, 2.75) is 17.4 Å². The number of rotatable bonds is 7. The van der Waals surface area contributed by atoms with Crippen LogP contribution in [0.2, 0.25) is 5.02 Å². The summed E-state index contributed by atoms with van der Waals surface area (Å²) in [6.07, 6.45) is -0.0445. The highest BCUT2D eigenvalue weighted by Crippen LogP contribution is 2.21. The number of benzene rings is 3. The van der Waals surface area contributed by atoms with E-state index < -0.39 is 22.0 Å². The zero-order chi connectivity index (χ0) is 22.4. The Morgan fingerprint density at radius 2 is 1.52 bits per heavy atom. The number of primary sulfonamides is 1. The normalized spacial score (nSPS) is 12.1. The summed E-state index contributed by atoms with van der Waals surface area (Å²) in [7, 11) is -3.82. The number of carbonyl (C=O) groups excluding carboxylic acids is 2. The molecule has 1 atom stereocenters. The summed E-state index contributed by atoms with van der Waals surface area (Å²) >= 11 is 6.11. The highest BCUT2D eigenvalue weighted by atomic mass is 35.5. The van der Waals surface area contributed by atoms with E-state index in [0.717, 1.165) is 5.56 Å². The van der Waals surface area contributed by atoms with Crippen LogP contribution in [0.4, 0.5) is 5.69 Å². The Hall–Kier alpha value is -3.20. The summed E-state index contributed by atoms with van der Waals surface area (Å²) in [6.45, 7) is 0. The third-order valence-corrected chi connectivity index (χ3v) is 5.74. The molecular weight excluding hydrogens is 438 g/mol. The SMILES string of the molecule is NS(=O)(=O)c1ccc(NC(=O)C[C@@H](NC(=O)c2ccccc2Cl)c2ccccc2)cc1. The molecule has 2 amide bonds. The number of hydrogen-bond donors (Lipinski definition) is 3. The van der Waals surface area contributed by atoms with Crippen LogP contribution in [0.15, 0.2) is 83.8 Å². The molecule has 3 rings (SSSR count). The van der Waals surface area contributed by atoms with Crippen molar-refractivity contribution in [1.82, 2.24) is 5.32 Å². The first-order chi connectivity index (χ1) is 14.7. The average molecular weight is 458 g/mol. The van der Waals surface area contributed by atoms with Crippen LogP contribution in [0.5, 0.6) is 0 Å². The van der Waals surface area contributed by atoms with Crippen LogP contribution in [0.25, 0.3) is 0 Å². The summed E-state index contributed by atoms with van der Waals surface area (Å²) < 4.78 is 22.7. The maximum Gasteiger partial charge on any atom is 0.253 e. The number of halogens is 1. The molecule has 0 unspecified atom stereocenters. The van der Waals surface area contributed by atoms with Gasteiger partial charge in [-0.3, -0.25) is 9.59 Å². The van der Waals surface area contributed by atoms with Gasteiger partial charge >= 0.3 is 0 Å². The Balaban J connectivity index is 1.75. The maximum absolute atomic E-state index is 12.7. The molecule has 160 valence electrons. The highest BCUT2D eigenvalue weighted by molar-refractivity contribution is 7.89. The lowest BCUT2D eigenvalue weighted by Gasteiger charge is -2.19. The lowest BCUT2D eigenvalue weighted by molar-refractivity contribution is -0.116. The van der Waals surface area contributed by atoms with Gasteiger partial charge in [-0.15, -0.1) is 0 Å². The fourth-order valence-electron chi connectivity index (χ4n) is 2.94. The molecule has 0 radical (unpaired) electrons. The van der Waals surface area contributed by atoms with Crippen LogP contribution in [-0.2, 0) is 14.8 Å². The van der Waals surface area contributed by atoms with Gasteiger partial charge in [0, 0.05) is 5.69 Å². The molecule has 0 bridgehead atoms. The fourth-order valence-corrected chi connectivity index (χ4v) is 3.68. The summed E-state index contributed by atoms with van der Waals surface area (Å²) in [5.41, 5.74) is 1.47. The maximum atomic E-state index is 12.7. The fraction of sp³-hybridized carbons (Fsp3) is 0.0909. The van der Waals surface area contributed by atoms with Gasteiger partial charge in [0.1, 0.15) is 0 Å². The van der Waals surface area contributed by atoms with E-state index in [1.54, 1.807) is 24.3 Å². The Kier molecular flexibility index (Phi) is 7.06. The van der Waals surface area contributed by atoms with E-state index in [-0.39, 0.29) is 17.2 Å². The third kappa shape index (κ3) is 6.14. The monoisotopic (exact) mass is 457 g/mol. The van der Waals surface area contributed by atoms with Gasteiger partial charge in [0.2, 0.25) is 15.9 Å². The molecule has 0 spiro atoms. The van der Waals surface area contributed by atoms with E-state index >= 15 is 0 Å². The van der Waals surface area contributed by atoms with Crippen molar-refractivity contribution >= 4 is 39.1 Å². The van der Waals surface area contributed by atoms with Gasteiger partial charge < -0.3 is 10.6 Å². The number of nitrogens with two attached hydrogens (primary N) is 1. The minimum absolute atomic E-state index is 0.0445. The van der Waals surface area contributed by atoms with E-state index in [9.17, 15) is 18.0 Å². The van der Waals surface area contributed by atoms with Crippen molar-refractivity contribution in [1.29, 1.82) is 0 Å². The number of hydrogen-bond acceptors (Lipinski definition) is 4. The molecule has 0 fully saturated rings. The molecular formula is C22H20ClN3O4S. The first-order valence-electron chi connectivity index (χ1n) is 9.27. The predicted molar refractivity (Wildman–Crippen MR) is 119 cm³/mol. The molecule has 4 N–H and O–H groups in total. The van der Waals surface area contributed by atoms with Crippen molar-refractivity contribution in [3.8, 4) is 0 Å². The van der Waals surface area contributed by atoms with E-state index in [0.29, 0.717) is 16.3 Å². The lowest BCUT2D eigenvalue weighted by Crippen LogP contribution is -2.31. The van der Waals surface area contributed by atoms with Crippen molar-refractivity contribution < 1.29 is 18.0 Å². The first kappa shape index (κ1) is 22.5. The average Bonchev–Trinajstić information content (AvgIpc) is 2.74. The van der Waals surface area contributed by atoms with Crippen molar-refractivity contribution in [3.63, 3.8) is 0 Å². The summed E-state index contributed by atoms with van der Waals surface area (Å²) in [6, 6.07) is 20.6. The minimum atomic E-state index is -3.82. The molecule has 0 saturated carbocycles. The van der Waals surface area contributed by atoms with Gasteiger partial charge in [0.25, 0.3) is 5.91 Å². The molecule has 3 aromatic rings. The Bertz CT molecular complexity index is 1180. The molecule has 3 aromatic carbocycles. The number of anilines is 1. The van der Waals surface area contributed by atoms with Gasteiger partial charge in [-0.05, 0) is 42.0 Å². The lowest BCUT2D eigenvalue weighted by atomic mass is 10.0. The zero-order valence-corrected chi connectivity index (χ0v) is 17.9. The second-order valence-corrected chi connectivity index (χ2v) is 8.71. The zero-order valence-electron chi connectivity index (χ0n) is 16.3. The smallest absolute Gasteiger partial charge is 0.253 e.